The van der Waals surface area contributed by atoms with Crippen molar-refractivity contribution in [3.63, 3.8) is 0 Å². The van der Waals surface area contributed by atoms with Crippen LogP contribution in [0.25, 0.3) is 0 Å². The Hall–Kier alpha value is -1.71. The number of benzene rings is 1. The number of anilines is 2. The van der Waals surface area contributed by atoms with Crippen molar-refractivity contribution in [3.05, 3.63) is 23.8 Å². The highest BCUT2D eigenvalue weighted by Gasteiger charge is 2.12. The molecule has 0 saturated carbocycles. The lowest BCUT2D eigenvalue weighted by molar-refractivity contribution is 0.0827. The molecule has 1 atom stereocenters. The van der Waals surface area contributed by atoms with Gasteiger partial charge in [0.1, 0.15) is 0 Å². The molecule has 0 saturated heterocycles. The summed E-state index contributed by atoms with van der Waals surface area (Å²) in [4.78, 5) is 13.5. The molecule has 0 aromatic heterocycles. The summed E-state index contributed by atoms with van der Waals surface area (Å²) in [5.74, 6) is -0.00779. The van der Waals surface area contributed by atoms with Crippen molar-refractivity contribution in [2.45, 2.75) is 39.2 Å². The summed E-state index contributed by atoms with van der Waals surface area (Å²) in [6.45, 7) is 4.32. The predicted molar refractivity (Wildman–Crippen MR) is 81.5 cm³/mol. The zero-order valence-corrected chi connectivity index (χ0v) is 12.4. The minimum absolute atomic E-state index is 0.00779. The van der Waals surface area contributed by atoms with Gasteiger partial charge in [-0.1, -0.05) is 20.3 Å². The summed E-state index contributed by atoms with van der Waals surface area (Å²) in [6.07, 6.45) is 3.27. The Morgan fingerprint density at radius 1 is 1.37 bits per heavy atom. The van der Waals surface area contributed by atoms with E-state index in [1.807, 2.05) is 6.07 Å². The average molecular weight is 263 g/mol. The lowest BCUT2D eigenvalue weighted by atomic mass is 10.1. The van der Waals surface area contributed by atoms with Crippen molar-refractivity contribution in [2.75, 3.05) is 25.1 Å². The topological polar surface area (TPSA) is 58.4 Å². The van der Waals surface area contributed by atoms with Crippen molar-refractivity contribution in [1.82, 2.24) is 4.90 Å². The van der Waals surface area contributed by atoms with Crippen LogP contribution in [0.3, 0.4) is 0 Å². The molecule has 0 aliphatic rings. The Kier molecular flexibility index (Phi) is 5.67. The van der Waals surface area contributed by atoms with Gasteiger partial charge in [-0.3, -0.25) is 4.79 Å². The molecule has 1 aromatic carbocycles. The van der Waals surface area contributed by atoms with Gasteiger partial charge in [-0.05, 0) is 31.0 Å². The number of nitrogens with zero attached hydrogens (tertiary/aromatic N) is 1. The Labute approximate surface area is 116 Å². The zero-order chi connectivity index (χ0) is 14.4. The molecule has 1 amide bonds. The summed E-state index contributed by atoms with van der Waals surface area (Å²) in [7, 11) is 3.50. The molecule has 0 fully saturated rings. The third kappa shape index (κ3) is 4.16. The van der Waals surface area contributed by atoms with Gasteiger partial charge >= 0.3 is 0 Å². The second-order valence-corrected chi connectivity index (χ2v) is 5.04. The fourth-order valence-electron chi connectivity index (χ4n) is 2.02. The zero-order valence-electron chi connectivity index (χ0n) is 12.4. The Balaban J connectivity index is 2.94. The largest absolute Gasteiger partial charge is 0.397 e. The molecule has 0 spiro atoms. The van der Waals surface area contributed by atoms with E-state index in [0.29, 0.717) is 17.3 Å². The van der Waals surface area contributed by atoms with Crippen molar-refractivity contribution >= 4 is 17.3 Å². The van der Waals surface area contributed by atoms with Gasteiger partial charge < -0.3 is 16.0 Å². The van der Waals surface area contributed by atoms with Gasteiger partial charge in [0.2, 0.25) is 0 Å². The van der Waals surface area contributed by atoms with Gasteiger partial charge in [0.25, 0.3) is 5.91 Å². The van der Waals surface area contributed by atoms with E-state index in [-0.39, 0.29) is 5.91 Å². The van der Waals surface area contributed by atoms with Crippen LogP contribution < -0.4 is 11.1 Å². The number of carbonyl (C=O) groups excluding carboxylic acids is 1. The maximum atomic E-state index is 11.9. The highest BCUT2D eigenvalue weighted by Crippen LogP contribution is 2.23. The van der Waals surface area contributed by atoms with Crippen LogP contribution in [0.1, 0.15) is 43.5 Å². The standard InChI is InChI=1S/C15H25N3O/c1-5-7-12(6-2)17-14-10-11(8-9-13(14)16)15(19)18(3)4/h8-10,12,17H,5-7,16H2,1-4H3. The fourth-order valence-corrected chi connectivity index (χ4v) is 2.02. The maximum Gasteiger partial charge on any atom is 0.253 e. The molecule has 0 radical (unpaired) electrons. The van der Waals surface area contributed by atoms with E-state index in [1.165, 1.54) is 0 Å². The quantitative estimate of drug-likeness (QED) is 0.776. The van der Waals surface area contributed by atoms with Crippen LogP contribution in [0.4, 0.5) is 11.4 Å². The normalized spacial score (nSPS) is 12.0. The first-order valence-electron chi connectivity index (χ1n) is 6.87. The number of nitrogens with one attached hydrogen (secondary N) is 1. The number of amides is 1. The molecular formula is C15H25N3O. The summed E-state index contributed by atoms with van der Waals surface area (Å²) in [5, 5.41) is 3.44. The monoisotopic (exact) mass is 263 g/mol. The lowest BCUT2D eigenvalue weighted by Gasteiger charge is -2.20. The Bertz CT molecular complexity index is 429. The summed E-state index contributed by atoms with van der Waals surface area (Å²) in [6, 6.07) is 5.80. The molecule has 4 heteroatoms. The minimum Gasteiger partial charge on any atom is -0.397 e. The lowest BCUT2D eigenvalue weighted by Crippen LogP contribution is -2.23. The molecule has 0 heterocycles. The molecule has 0 aliphatic carbocycles. The molecule has 4 nitrogen and oxygen atoms in total. The van der Waals surface area contributed by atoms with E-state index >= 15 is 0 Å². The molecule has 0 bridgehead atoms. The third-order valence-electron chi connectivity index (χ3n) is 3.20. The van der Waals surface area contributed by atoms with Gasteiger partial charge in [0, 0.05) is 25.7 Å². The highest BCUT2D eigenvalue weighted by molar-refractivity contribution is 5.95. The van der Waals surface area contributed by atoms with E-state index in [1.54, 1.807) is 31.1 Å². The number of hydrogen-bond acceptors (Lipinski definition) is 3. The Morgan fingerprint density at radius 2 is 2.05 bits per heavy atom. The first kappa shape index (κ1) is 15.3. The molecule has 106 valence electrons. The van der Waals surface area contributed by atoms with Crippen LogP contribution in [-0.4, -0.2) is 30.9 Å². The van der Waals surface area contributed by atoms with E-state index in [4.69, 9.17) is 5.73 Å². The predicted octanol–water partition coefficient (Wildman–Crippen LogP) is 2.96. The SMILES string of the molecule is CCCC(CC)Nc1cc(C(=O)N(C)C)ccc1N. The fraction of sp³-hybridized carbons (Fsp3) is 0.533. The van der Waals surface area contributed by atoms with Crippen LogP contribution >= 0.6 is 0 Å². The van der Waals surface area contributed by atoms with Gasteiger partial charge in [-0.15, -0.1) is 0 Å². The van der Waals surface area contributed by atoms with Gasteiger partial charge in [0.05, 0.1) is 11.4 Å². The first-order chi connectivity index (χ1) is 8.99. The number of carbonyl (C=O) groups is 1. The maximum absolute atomic E-state index is 11.9. The molecule has 3 N–H and O–H groups in total. The number of rotatable bonds is 6. The first-order valence-corrected chi connectivity index (χ1v) is 6.87. The second kappa shape index (κ2) is 7.02. The van der Waals surface area contributed by atoms with Crippen molar-refractivity contribution < 1.29 is 4.79 Å². The van der Waals surface area contributed by atoms with E-state index in [2.05, 4.69) is 19.2 Å². The van der Waals surface area contributed by atoms with Crippen LogP contribution in [0, 0.1) is 0 Å². The van der Waals surface area contributed by atoms with E-state index < -0.39 is 0 Å². The molecule has 0 aliphatic heterocycles. The van der Waals surface area contributed by atoms with Crippen LogP contribution in [0.2, 0.25) is 0 Å². The van der Waals surface area contributed by atoms with Gasteiger partial charge in [-0.2, -0.15) is 0 Å². The van der Waals surface area contributed by atoms with Crippen LogP contribution in [0.15, 0.2) is 18.2 Å². The van der Waals surface area contributed by atoms with Crippen LogP contribution in [0.5, 0.6) is 0 Å². The van der Waals surface area contributed by atoms with Gasteiger partial charge in [-0.25, -0.2) is 0 Å². The molecule has 19 heavy (non-hydrogen) atoms. The molecule has 1 aromatic rings. The molecule has 1 rings (SSSR count). The second-order valence-electron chi connectivity index (χ2n) is 5.04. The van der Waals surface area contributed by atoms with Crippen molar-refractivity contribution in [3.8, 4) is 0 Å². The molecule has 1 unspecified atom stereocenters. The number of nitrogen functional groups attached to an aromatic ring is 1. The highest BCUT2D eigenvalue weighted by atomic mass is 16.2. The number of hydrogen-bond donors (Lipinski definition) is 2. The average Bonchev–Trinajstić information content (AvgIpc) is 2.39. The molecular weight excluding hydrogens is 238 g/mol. The number of nitrogens with two attached hydrogens (primary N) is 1. The third-order valence-corrected chi connectivity index (χ3v) is 3.20. The van der Waals surface area contributed by atoms with Crippen molar-refractivity contribution in [2.24, 2.45) is 0 Å². The summed E-state index contributed by atoms with van der Waals surface area (Å²) in [5.41, 5.74) is 8.18. The van der Waals surface area contributed by atoms with Gasteiger partial charge in [0.15, 0.2) is 0 Å². The summed E-state index contributed by atoms with van der Waals surface area (Å²) < 4.78 is 0. The van der Waals surface area contributed by atoms with Crippen LogP contribution in [-0.2, 0) is 0 Å². The van der Waals surface area contributed by atoms with E-state index in [0.717, 1.165) is 24.9 Å². The van der Waals surface area contributed by atoms with Crippen molar-refractivity contribution in [1.29, 1.82) is 0 Å². The minimum atomic E-state index is -0.00779. The Morgan fingerprint density at radius 3 is 2.58 bits per heavy atom. The van der Waals surface area contributed by atoms with E-state index in [9.17, 15) is 4.79 Å². The summed E-state index contributed by atoms with van der Waals surface area (Å²) >= 11 is 0. The smallest absolute Gasteiger partial charge is 0.253 e.